The van der Waals surface area contributed by atoms with Gasteiger partial charge in [-0.2, -0.15) is 0 Å². The van der Waals surface area contributed by atoms with Gasteiger partial charge in [-0.25, -0.2) is 8.42 Å². The normalized spacial score (nSPS) is 12.5. The van der Waals surface area contributed by atoms with Crippen LogP contribution in [-0.2, 0) is 9.84 Å². The van der Waals surface area contributed by atoms with Gasteiger partial charge in [-0.15, -0.1) is 0 Å². The minimum Gasteiger partial charge on any atom is -0.497 e. The number of methoxy groups -OCH3 is 1. The number of nitrogens with one attached hydrogen (secondary N) is 1. The Bertz CT molecular complexity index is 988. The van der Waals surface area contributed by atoms with Crippen molar-refractivity contribution in [1.82, 2.24) is 5.32 Å². The summed E-state index contributed by atoms with van der Waals surface area (Å²) in [6.07, 6.45) is 0. The summed E-state index contributed by atoms with van der Waals surface area (Å²) in [5.41, 5.74) is 2.10. The summed E-state index contributed by atoms with van der Waals surface area (Å²) in [6, 6.07) is 23.8. The minimum atomic E-state index is -3.39. The van der Waals surface area contributed by atoms with Gasteiger partial charge in [0.25, 0.3) is 0 Å². The molecule has 1 atom stereocenters. The Morgan fingerprint density at radius 2 is 1.50 bits per heavy atom. The van der Waals surface area contributed by atoms with Crippen molar-refractivity contribution in [3.05, 3.63) is 95.0 Å². The Morgan fingerprint density at radius 3 is 2.11 bits per heavy atom. The maximum absolute atomic E-state index is 12.6. The van der Waals surface area contributed by atoms with E-state index < -0.39 is 9.84 Å². The van der Waals surface area contributed by atoms with E-state index in [-0.39, 0.29) is 16.7 Å². The van der Waals surface area contributed by atoms with Crippen molar-refractivity contribution in [2.75, 3.05) is 19.4 Å². The van der Waals surface area contributed by atoms with Gasteiger partial charge in [-0.3, -0.25) is 0 Å². The third kappa shape index (κ3) is 5.13. The first-order valence-electron chi connectivity index (χ1n) is 8.90. The molecule has 0 aliphatic rings. The number of benzene rings is 3. The first-order chi connectivity index (χ1) is 13.5. The molecule has 0 aliphatic carbocycles. The first-order valence-corrected chi connectivity index (χ1v) is 10.9. The van der Waals surface area contributed by atoms with Gasteiger partial charge in [-0.05, 0) is 47.5 Å². The van der Waals surface area contributed by atoms with Crippen LogP contribution in [0.3, 0.4) is 0 Å². The maximum Gasteiger partial charge on any atom is 0.179 e. The van der Waals surface area contributed by atoms with Crippen molar-refractivity contribution in [2.24, 2.45) is 0 Å². The van der Waals surface area contributed by atoms with Crippen LogP contribution < -0.4 is 10.1 Å². The SMILES string of the molecule is COc1ccc([C@@H](NCCS(=O)(=O)c2ccc(Cl)cc2)c2ccccc2)cc1. The average molecular weight is 416 g/mol. The molecule has 0 saturated carbocycles. The van der Waals surface area contributed by atoms with Crippen molar-refractivity contribution >= 4 is 21.4 Å². The van der Waals surface area contributed by atoms with Crippen LogP contribution in [0.1, 0.15) is 17.2 Å². The predicted octanol–water partition coefficient (Wildman–Crippen LogP) is 4.50. The Labute approximate surface area is 171 Å². The van der Waals surface area contributed by atoms with Crippen LogP contribution in [0.15, 0.2) is 83.8 Å². The lowest BCUT2D eigenvalue weighted by molar-refractivity contribution is 0.414. The summed E-state index contributed by atoms with van der Waals surface area (Å²) in [5.74, 6) is 0.773. The summed E-state index contributed by atoms with van der Waals surface area (Å²) in [4.78, 5) is 0.277. The van der Waals surface area contributed by atoms with E-state index in [0.29, 0.717) is 11.6 Å². The number of hydrogen-bond donors (Lipinski definition) is 1. The van der Waals surface area contributed by atoms with Crippen LogP contribution in [0.4, 0.5) is 0 Å². The van der Waals surface area contributed by atoms with Gasteiger partial charge in [0.2, 0.25) is 0 Å². The first kappa shape index (κ1) is 20.4. The molecule has 28 heavy (non-hydrogen) atoms. The third-order valence-electron chi connectivity index (χ3n) is 4.47. The topological polar surface area (TPSA) is 55.4 Å². The molecule has 0 heterocycles. The average Bonchev–Trinajstić information content (AvgIpc) is 2.72. The highest BCUT2D eigenvalue weighted by molar-refractivity contribution is 7.91. The molecule has 0 saturated heterocycles. The van der Waals surface area contributed by atoms with Gasteiger partial charge in [0, 0.05) is 11.6 Å². The fourth-order valence-electron chi connectivity index (χ4n) is 2.97. The standard InChI is InChI=1S/C22H22ClNO3S/c1-27-20-11-7-18(8-12-20)22(17-5-3-2-4-6-17)24-15-16-28(25,26)21-13-9-19(23)10-14-21/h2-14,22,24H,15-16H2,1H3/t22-/m0/s1. The fourth-order valence-corrected chi connectivity index (χ4v) is 4.27. The molecular formula is C22H22ClNO3S. The molecule has 0 radical (unpaired) electrons. The third-order valence-corrected chi connectivity index (χ3v) is 6.46. The van der Waals surface area contributed by atoms with E-state index in [1.807, 2.05) is 54.6 Å². The second-order valence-corrected chi connectivity index (χ2v) is 8.89. The molecule has 0 unspecified atom stereocenters. The number of sulfone groups is 1. The lowest BCUT2D eigenvalue weighted by Crippen LogP contribution is -2.28. The van der Waals surface area contributed by atoms with Crippen molar-refractivity contribution in [1.29, 1.82) is 0 Å². The number of ether oxygens (including phenoxy) is 1. The highest BCUT2D eigenvalue weighted by Gasteiger charge is 2.17. The molecule has 3 aromatic rings. The molecule has 146 valence electrons. The van der Waals surface area contributed by atoms with Gasteiger partial charge in [0.15, 0.2) is 9.84 Å². The second kappa shape index (κ2) is 9.24. The van der Waals surface area contributed by atoms with E-state index in [9.17, 15) is 8.42 Å². The van der Waals surface area contributed by atoms with Gasteiger partial charge in [-0.1, -0.05) is 54.1 Å². The molecule has 0 bridgehead atoms. The molecule has 3 aromatic carbocycles. The van der Waals surface area contributed by atoms with Crippen molar-refractivity contribution in [3.63, 3.8) is 0 Å². The van der Waals surface area contributed by atoms with Crippen LogP contribution in [-0.4, -0.2) is 27.8 Å². The van der Waals surface area contributed by atoms with Crippen LogP contribution in [0.2, 0.25) is 5.02 Å². The zero-order chi connectivity index (χ0) is 20.0. The molecule has 1 N–H and O–H groups in total. The van der Waals surface area contributed by atoms with Crippen LogP contribution >= 0.6 is 11.6 Å². The summed E-state index contributed by atoms with van der Waals surface area (Å²) in [7, 11) is -1.76. The van der Waals surface area contributed by atoms with E-state index in [1.165, 1.54) is 12.1 Å². The second-order valence-electron chi connectivity index (χ2n) is 6.34. The molecule has 4 nitrogen and oxygen atoms in total. The van der Waals surface area contributed by atoms with E-state index in [1.54, 1.807) is 19.2 Å². The van der Waals surface area contributed by atoms with E-state index in [2.05, 4.69) is 5.32 Å². The van der Waals surface area contributed by atoms with E-state index in [0.717, 1.165) is 16.9 Å². The highest BCUT2D eigenvalue weighted by atomic mass is 35.5. The molecule has 0 spiro atoms. The summed E-state index contributed by atoms with van der Waals surface area (Å²) in [6.45, 7) is 0.316. The predicted molar refractivity (Wildman–Crippen MR) is 113 cm³/mol. The van der Waals surface area contributed by atoms with Gasteiger partial charge in [0.05, 0.1) is 23.8 Å². The molecule has 0 amide bonds. The summed E-state index contributed by atoms with van der Waals surface area (Å²) < 4.78 is 30.4. The zero-order valence-electron chi connectivity index (χ0n) is 15.5. The van der Waals surface area contributed by atoms with E-state index >= 15 is 0 Å². The summed E-state index contributed by atoms with van der Waals surface area (Å²) >= 11 is 5.85. The molecule has 0 aliphatic heterocycles. The Hall–Kier alpha value is -2.34. The molecule has 3 rings (SSSR count). The lowest BCUT2D eigenvalue weighted by atomic mass is 9.98. The Balaban J connectivity index is 1.75. The Morgan fingerprint density at radius 1 is 0.893 bits per heavy atom. The smallest absolute Gasteiger partial charge is 0.179 e. The largest absolute Gasteiger partial charge is 0.497 e. The zero-order valence-corrected chi connectivity index (χ0v) is 17.1. The van der Waals surface area contributed by atoms with Crippen molar-refractivity contribution in [2.45, 2.75) is 10.9 Å². The van der Waals surface area contributed by atoms with Crippen molar-refractivity contribution in [3.8, 4) is 5.75 Å². The fraction of sp³-hybridized carbons (Fsp3) is 0.182. The van der Waals surface area contributed by atoms with Gasteiger partial charge < -0.3 is 10.1 Å². The number of rotatable bonds is 8. The lowest BCUT2D eigenvalue weighted by Gasteiger charge is -2.20. The molecular weight excluding hydrogens is 394 g/mol. The monoisotopic (exact) mass is 415 g/mol. The quantitative estimate of drug-likeness (QED) is 0.588. The minimum absolute atomic E-state index is 0.00583. The van der Waals surface area contributed by atoms with Crippen molar-refractivity contribution < 1.29 is 13.2 Å². The number of hydrogen-bond acceptors (Lipinski definition) is 4. The van der Waals surface area contributed by atoms with Crippen LogP contribution in [0.5, 0.6) is 5.75 Å². The maximum atomic E-state index is 12.6. The molecule has 6 heteroatoms. The highest BCUT2D eigenvalue weighted by Crippen LogP contribution is 2.24. The van der Waals surface area contributed by atoms with Gasteiger partial charge >= 0.3 is 0 Å². The molecule has 0 fully saturated rings. The Kier molecular flexibility index (Phi) is 6.73. The van der Waals surface area contributed by atoms with Crippen LogP contribution in [0, 0.1) is 0 Å². The van der Waals surface area contributed by atoms with E-state index in [4.69, 9.17) is 16.3 Å². The van der Waals surface area contributed by atoms with Gasteiger partial charge in [0.1, 0.15) is 5.75 Å². The number of halogens is 1. The summed E-state index contributed by atoms with van der Waals surface area (Å²) in [5, 5.41) is 3.90. The molecule has 0 aromatic heterocycles. The van der Waals surface area contributed by atoms with Crippen LogP contribution in [0.25, 0.3) is 0 Å².